The van der Waals surface area contributed by atoms with Gasteiger partial charge in [0.25, 0.3) is 0 Å². The lowest BCUT2D eigenvalue weighted by atomic mass is 9.31. The number of rotatable bonds is 1. The Labute approximate surface area is 218 Å². The Morgan fingerprint density at radius 3 is 2.14 bits per heavy atom. The van der Waals surface area contributed by atoms with Crippen molar-refractivity contribution >= 4 is 17.5 Å². The summed E-state index contributed by atoms with van der Waals surface area (Å²) in [6.45, 7) is 18.3. The third-order valence-electron chi connectivity index (χ3n) is 13.3. The van der Waals surface area contributed by atoms with Crippen LogP contribution in [0.5, 0.6) is 0 Å². The molecule has 0 aromatic heterocycles. The van der Waals surface area contributed by atoms with Crippen molar-refractivity contribution in [3.8, 4) is 0 Å². The highest BCUT2D eigenvalue weighted by molar-refractivity contribution is 5.97. The molecule has 4 heteroatoms. The summed E-state index contributed by atoms with van der Waals surface area (Å²) in [4.78, 5) is 41.0. The molecule has 200 valence electrons. The number of hydrogen-bond donors (Lipinski definition) is 0. The van der Waals surface area contributed by atoms with Gasteiger partial charge in [-0.15, -0.1) is 0 Å². The van der Waals surface area contributed by atoms with Crippen molar-refractivity contribution in [1.82, 2.24) is 0 Å². The molecule has 4 nitrogen and oxygen atoms in total. The second-order valence-corrected chi connectivity index (χ2v) is 15.6. The number of carbonyl (C=O) groups is 3. The Balaban J connectivity index is 1.70. The predicted octanol–water partition coefficient (Wildman–Crippen LogP) is 7.10. The summed E-state index contributed by atoms with van der Waals surface area (Å²) in [7, 11) is 1.52. The summed E-state index contributed by atoms with van der Waals surface area (Å²) in [6.07, 6.45) is 9.79. The third-order valence-corrected chi connectivity index (χ3v) is 13.3. The molecule has 0 aliphatic heterocycles. The van der Waals surface area contributed by atoms with E-state index in [9.17, 15) is 14.4 Å². The zero-order chi connectivity index (χ0) is 26.7. The summed E-state index contributed by atoms with van der Waals surface area (Å²) in [5.74, 6) is 0.538. The van der Waals surface area contributed by atoms with E-state index in [0.717, 1.165) is 51.4 Å². The van der Waals surface area contributed by atoms with Crippen LogP contribution in [0, 0.1) is 49.7 Å². The number of allylic oxidation sites excluding steroid dienone is 2. The Morgan fingerprint density at radius 2 is 1.50 bits per heavy atom. The van der Waals surface area contributed by atoms with Crippen molar-refractivity contribution in [2.24, 2.45) is 49.7 Å². The molecule has 0 N–H and O–H groups in total. The smallest absolute Gasteiger partial charge is 0.312 e. The molecule has 5 aliphatic carbocycles. The molecule has 0 bridgehead atoms. The van der Waals surface area contributed by atoms with E-state index in [1.807, 2.05) is 6.08 Å². The predicted molar refractivity (Wildman–Crippen MR) is 141 cm³/mol. The number of fused-ring (bicyclic) bond motifs is 7. The van der Waals surface area contributed by atoms with E-state index >= 15 is 0 Å². The molecule has 36 heavy (non-hydrogen) atoms. The van der Waals surface area contributed by atoms with Gasteiger partial charge in [-0.2, -0.15) is 0 Å². The number of carbonyl (C=O) groups excluding carboxylic acids is 3. The van der Waals surface area contributed by atoms with Gasteiger partial charge in [-0.1, -0.05) is 61.0 Å². The zero-order valence-corrected chi connectivity index (χ0v) is 24.2. The molecule has 4 fully saturated rings. The van der Waals surface area contributed by atoms with Gasteiger partial charge in [0.15, 0.2) is 5.78 Å². The molecular formula is C32H48O4. The fourth-order valence-electron chi connectivity index (χ4n) is 11.3. The highest BCUT2D eigenvalue weighted by Crippen LogP contribution is 2.77. The molecule has 0 aromatic rings. The second kappa shape index (κ2) is 7.35. The normalized spacial score (nSPS) is 49.1. The maximum Gasteiger partial charge on any atom is 0.312 e. The van der Waals surface area contributed by atoms with E-state index in [1.54, 1.807) is 0 Å². The van der Waals surface area contributed by atoms with Crippen molar-refractivity contribution < 1.29 is 19.1 Å². The van der Waals surface area contributed by atoms with Gasteiger partial charge in [0.2, 0.25) is 0 Å². The number of ketones is 2. The summed E-state index contributed by atoms with van der Waals surface area (Å²) < 4.78 is 5.49. The van der Waals surface area contributed by atoms with E-state index in [0.29, 0.717) is 12.2 Å². The van der Waals surface area contributed by atoms with Crippen LogP contribution in [-0.2, 0) is 19.1 Å². The average Bonchev–Trinajstić information content (AvgIpc) is 2.77. The van der Waals surface area contributed by atoms with Gasteiger partial charge in [0, 0.05) is 17.8 Å². The maximum atomic E-state index is 14.5. The van der Waals surface area contributed by atoms with Crippen molar-refractivity contribution in [1.29, 1.82) is 0 Å². The maximum absolute atomic E-state index is 14.5. The van der Waals surface area contributed by atoms with Gasteiger partial charge < -0.3 is 4.74 Å². The second-order valence-electron chi connectivity index (χ2n) is 15.6. The lowest BCUT2D eigenvalue weighted by Crippen LogP contribution is -2.69. The van der Waals surface area contributed by atoms with Crippen LogP contribution in [0.25, 0.3) is 0 Å². The molecule has 1 unspecified atom stereocenters. The Morgan fingerprint density at radius 1 is 0.861 bits per heavy atom. The van der Waals surface area contributed by atoms with E-state index in [2.05, 4.69) is 55.4 Å². The van der Waals surface area contributed by atoms with Gasteiger partial charge in [0.05, 0.1) is 12.5 Å². The molecule has 5 rings (SSSR count). The largest absolute Gasteiger partial charge is 0.469 e. The standard InChI is InChI=1S/C32H48O4/c1-26(2)14-16-32(25(35)36-9)17-15-30(7)24(31(32,8)19-26)20(33)18-22-28(5)12-11-23(34)27(3,4)21(28)10-13-29(22,30)6/h18,21,24H,10-17,19H2,1-9H3/t21?,24-,28-,29+,30+,31-,32+/m0/s1. The molecule has 0 amide bonds. The number of esters is 1. The molecule has 0 heterocycles. The first kappa shape index (κ1) is 26.2. The van der Waals surface area contributed by atoms with Gasteiger partial charge >= 0.3 is 5.97 Å². The first-order chi connectivity index (χ1) is 16.5. The highest BCUT2D eigenvalue weighted by Gasteiger charge is 2.74. The molecule has 5 aliphatic rings. The molecule has 0 spiro atoms. The van der Waals surface area contributed by atoms with E-state index in [1.165, 1.54) is 12.7 Å². The van der Waals surface area contributed by atoms with Crippen LogP contribution in [0.1, 0.15) is 113 Å². The quantitative estimate of drug-likeness (QED) is 0.363. The number of Topliss-reactive ketones (excluding diaryl/α,β-unsaturated/α-hetero) is 1. The Bertz CT molecular complexity index is 1070. The monoisotopic (exact) mass is 496 g/mol. The highest BCUT2D eigenvalue weighted by atomic mass is 16.5. The Kier molecular flexibility index (Phi) is 5.34. The lowest BCUT2D eigenvalue weighted by molar-refractivity contribution is -0.219. The van der Waals surface area contributed by atoms with Crippen molar-refractivity contribution in [3.05, 3.63) is 11.6 Å². The summed E-state index contributed by atoms with van der Waals surface area (Å²) >= 11 is 0. The molecule has 0 aromatic carbocycles. The van der Waals surface area contributed by atoms with Gasteiger partial charge in [-0.05, 0) is 90.4 Å². The SMILES string of the molecule is COC(=O)[C@]12CCC(C)(C)C[C@@]1(C)[C@H]1C(=O)C=C3[C@@]4(C)CCC(=O)C(C)(C)C4CC[C@@]3(C)[C@]1(C)CC2. The molecule has 0 saturated heterocycles. The average molecular weight is 497 g/mol. The van der Waals surface area contributed by atoms with E-state index in [4.69, 9.17) is 4.74 Å². The Hall–Kier alpha value is -1.45. The van der Waals surface area contributed by atoms with Crippen molar-refractivity contribution in [2.75, 3.05) is 7.11 Å². The topological polar surface area (TPSA) is 60.4 Å². The van der Waals surface area contributed by atoms with Crippen LogP contribution < -0.4 is 0 Å². The van der Waals surface area contributed by atoms with Crippen LogP contribution in [0.3, 0.4) is 0 Å². The number of hydrogen-bond acceptors (Lipinski definition) is 4. The van der Waals surface area contributed by atoms with Gasteiger partial charge in [0.1, 0.15) is 5.78 Å². The zero-order valence-electron chi connectivity index (χ0n) is 24.2. The van der Waals surface area contributed by atoms with Crippen LogP contribution in [0.15, 0.2) is 11.6 Å². The summed E-state index contributed by atoms with van der Waals surface area (Å²) in [6, 6.07) is 0. The fourth-order valence-corrected chi connectivity index (χ4v) is 11.3. The molecule has 0 radical (unpaired) electrons. The molecular weight excluding hydrogens is 448 g/mol. The van der Waals surface area contributed by atoms with Crippen LogP contribution in [0.2, 0.25) is 0 Å². The van der Waals surface area contributed by atoms with E-state index < -0.39 is 10.8 Å². The number of methoxy groups -OCH3 is 1. The van der Waals surface area contributed by atoms with Crippen LogP contribution in [0.4, 0.5) is 0 Å². The minimum absolute atomic E-state index is 0.0765. The van der Waals surface area contributed by atoms with Crippen molar-refractivity contribution in [2.45, 2.75) is 113 Å². The first-order valence-corrected chi connectivity index (χ1v) is 14.3. The summed E-state index contributed by atoms with van der Waals surface area (Å²) in [5.41, 5.74) is -0.518. The van der Waals surface area contributed by atoms with Gasteiger partial charge in [-0.25, -0.2) is 0 Å². The minimum atomic E-state index is -0.598. The van der Waals surface area contributed by atoms with Crippen molar-refractivity contribution in [3.63, 3.8) is 0 Å². The first-order valence-electron chi connectivity index (χ1n) is 14.3. The third kappa shape index (κ3) is 2.85. The van der Waals surface area contributed by atoms with Crippen LogP contribution in [-0.4, -0.2) is 24.6 Å². The molecule has 4 saturated carbocycles. The minimum Gasteiger partial charge on any atom is -0.469 e. The summed E-state index contributed by atoms with van der Waals surface area (Å²) in [5, 5.41) is 0. The van der Waals surface area contributed by atoms with Crippen LogP contribution >= 0.6 is 0 Å². The van der Waals surface area contributed by atoms with Gasteiger partial charge in [-0.3, -0.25) is 14.4 Å². The van der Waals surface area contributed by atoms with E-state index in [-0.39, 0.29) is 50.7 Å². The molecule has 7 atom stereocenters. The fraction of sp³-hybridized carbons (Fsp3) is 0.844. The number of ether oxygens (including phenoxy) is 1. The lowest BCUT2D eigenvalue weighted by Gasteiger charge is -2.72.